The molecule has 0 aliphatic carbocycles. The third-order valence-corrected chi connectivity index (χ3v) is 4.96. The van der Waals surface area contributed by atoms with E-state index >= 15 is 0 Å². The average Bonchev–Trinajstić information content (AvgIpc) is 2.77. The highest BCUT2D eigenvalue weighted by Gasteiger charge is 2.22. The van der Waals surface area contributed by atoms with Gasteiger partial charge in [0.1, 0.15) is 4.88 Å². The van der Waals surface area contributed by atoms with Crippen LogP contribution in [0.4, 0.5) is 5.69 Å². The molecular weight excluding hydrogens is 294 g/mol. The summed E-state index contributed by atoms with van der Waals surface area (Å²) in [5.74, 6) is -0.395. The van der Waals surface area contributed by atoms with Gasteiger partial charge in [-0.05, 0) is 36.1 Å². The molecule has 0 radical (unpaired) electrons. The molecule has 0 spiro atoms. The molecule has 0 aliphatic rings. The Balaban J connectivity index is 2.68. The van der Waals surface area contributed by atoms with Gasteiger partial charge in [-0.2, -0.15) is 0 Å². The zero-order chi connectivity index (χ0) is 14.9. The second-order valence-corrected chi connectivity index (χ2v) is 5.84. The maximum atomic E-state index is 11.8. The van der Waals surface area contributed by atoms with Gasteiger partial charge < -0.3 is 10.5 Å². The fourth-order valence-corrected chi connectivity index (χ4v) is 3.63. The van der Waals surface area contributed by atoms with Gasteiger partial charge in [-0.3, -0.25) is 0 Å². The van der Waals surface area contributed by atoms with Crippen molar-refractivity contribution in [3.63, 3.8) is 0 Å². The standard InChI is InChI=1S/C15H16ClNO2S/c1-4-9-12(17)14(15(18)19-3)20-13(9)10-6-5-7-11(16)8(10)2/h5-7H,4,17H2,1-3H3. The lowest BCUT2D eigenvalue weighted by atomic mass is 10.0. The predicted molar refractivity (Wildman–Crippen MR) is 84.6 cm³/mol. The van der Waals surface area contributed by atoms with Crippen molar-refractivity contribution in [2.24, 2.45) is 0 Å². The van der Waals surface area contributed by atoms with Crippen LogP contribution in [0, 0.1) is 6.92 Å². The first-order valence-electron chi connectivity index (χ1n) is 6.26. The number of rotatable bonds is 3. The molecule has 2 rings (SSSR count). The Hall–Kier alpha value is -1.52. The molecule has 0 saturated heterocycles. The van der Waals surface area contributed by atoms with Crippen LogP contribution in [0.15, 0.2) is 18.2 Å². The van der Waals surface area contributed by atoms with Crippen LogP contribution in [0.5, 0.6) is 0 Å². The summed E-state index contributed by atoms with van der Waals surface area (Å²) in [7, 11) is 1.36. The van der Waals surface area contributed by atoms with Gasteiger partial charge in [0, 0.05) is 9.90 Å². The third-order valence-electron chi connectivity index (χ3n) is 3.28. The fraction of sp³-hybridized carbons (Fsp3) is 0.267. The van der Waals surface area contributed by atoms with E-state index in [4.69, 9.17) is 22.1 Å². The van der Waals surface area contributed by atoms with Crippen molar-refractivity contribution >= 4 is 34.6 Å². The van der Waals surface area contributed by atoms with Crippen LogP contribution in [0.2, 0.25) is 5.02 Å². The maximum Gasteiger partial charge on any atom is 0.350 e. The molecule has 2 N–H and O–H groups in total. The number of benzene rings is 1. The van der Waals surface area contributed by atoms with E-state index in [0.717, 1.165) is 28.0 Å². The third kappa shape index (κ3) is 2.41. The lowest BCUT2D eigenvalue weighted by molar-refractivity contribution is 0.0607. The summed E-state index contributed by atoms with van der Waals surface area (Å²) >= 11 is 7.54. The molecule has 0 amide bonds. The van der Waals surface area contributed by atoms with Crippen molar-refractivity contribution < 1.29 is 9.53 Å². The quantitative estimate of drug-likeness (QED) is 0.860. The van der Waals surface area contributed by atoms with Crippen LogP contribution in [0.3, 0.4) is 0 Å². The van der Waals surface area contributed by atoms with Crippen molar-refractivity contribution in [3.8, 4) is 10.4 Å². The van der Waals surface area contributed by atoms with Crippen molar-refractivity contribution in [1.29, 1.82) is 0 Å². The van der Waals surface area contributed by atoms with E-state index in [9.17, 15) is 4.79 Å². The zero-order valence-electron chi connectivity index (χ0n) is 11.6. The number of esters is 1. The molecule has 1 heterocycles. The van der Waals surface area contributed by atoms with Crippen LogP contribution in [0.25, 0.3) is 10.4 Å². The van der Waals surface area contributed by atoms with Crippen LogP contribution in [-0.4, -0.2) is 13.1 Å². The molecule has 5 heteroatoms. The van der Waals surface area contributed by atoms with Gasteiger partial charge >= 0.3 is 5.97 Å². The maximum absolute atomic E-state index is 11.8. The monoisotopic (exact) mass is 309 g/mol. The number of ether oxygens (including phenoxy) is 1. The number of nitrogen functional groups attached to an aromatic ring is 1. The first-order chi connectivity index (χ1) is 9.51. The van der Waals surface area contributed by atoms with Gasteiger partial charge in [0.15, 0.2) is 0 Å². The van der Waals surface area contributed by atoms with Gasteiger partial charge in [-0.1, -0.05) is 30.7 Å². The lowest BCUT2D eigenvalue weighted by Gasteiger charge is -2.07. The summed E-state index contributed by atoms with van der Waals surface area (Å²) in [4.78, 5) is 13.2. The Morgan fingerprint density at radius 3 is 2.75 bits per heavy atom. The molecular formula is C15H16ClNO2S. The fourth-order valence-electron chi connectivity index (χ4n) is 2.14. The number of halogens is 1. The van der Waals surface area contributed by atoms with Gasteiger partial charge in [0.05, 0.1) is 12.8 Å². The van der Waals surface area contributed by atoms with E-state index in [-0.39, 0.29) is 0 Å². The van der Waals surface area contributed by atoms with Gasteiger partial charge in [0.2, 0.25) is 0 Å². The number of thiophene rings is 1. The number of carbonyl (C=O) groups is 1. The highest BCUT2D eigenvalue weighted by molar-refractivity contribution is 7.18. The Labute approximate surface area is 127 Å². The van der Waals surface area contributed by atoms with Crippen LogP contribution in [0.1, 0.15) is 27.7 Å². The highest BCUT2D eigenvalue weighted by Crippen LogP contribution is 2.41. The minimum atomic E-state index is -0.395. The largest absolute Gasteiger partial charge is 0.465 e. The Morgan fingerprint density at radius 2 is 2.15 bits per heavy atom. The van der Waals surface area contributed by atoms with Crippen molar-refractivity contribution in [2.45, 2.75) is 20.3 Å². The SMILES string of the molecule is CCc1c(-c2cccc(Cl)c2C)sc(C(=O)OC)c1N. The molecule has 0 bridgehead atoms. The van der Waals surface area contributed by atoms with E-state index in [1.807, 2.05) is 32.0 Å². The van der Waals surface area contributed by atoms with Crippen LogP contribution >= 0.6 is 22.9 Å². The normalized spacial score (nSPS) is 10.6. The molecule has 3 nitrogen and oxygen atoms in total. The Bertz CT molecular complexity index is 664. The summed E-state index contributed by atoms with van der Waals surface area (Å²) in [5, 5.41) is 0.705. The molecule has 1 aromatic heterocycles. The first kappa shape index (κ1) is 14.9. The zero-order valence-corrected chi connectivity index (χ0v) is 13.2. The van der Waals surface area contributed by atoms with E-state index in [0.29, 0.717) is 15.6 Å². The second kappa shape index (κ2) is 5.85. The molecule has 0 atom stereocenters. The van der Waals surface area contributed by atoms with E-state index in [1.165, 1.54) is 18.4 Å². The van der Waals surface area contributed by atoms with E-state index in [2.05, 4.69) is 0 Å². The summed E-state index contributed by atoms with van der Waals surface area (Å²) < 4.78 is 4.79. The van der Waals surface area contributed by atoms with E-state index in [1.54, 1.807) is 0 Å². The molecule has 2 aromatic rings. The predicted octanol–water partition coefficient (Wildman–Crippen LogP) is 4.31. The second-order valence-electron chi connectivity index (χ2n) is 4.41. The number of hydrogen-bond donors (Lipinski definition) is 1. The number of methoxy groups -OCH3 is 1. The molecule has 1 aromatic carbocycles. The smallest absolute Gasteiger partial charge is 0.350 e. The van der Waals surface area contributed by atoms with Crippen molar-refractivity contribution in [1.82, 2.24) is 0 Å². The Morgan fingerprint density at radius 1 is 1.45 bits per heavy atom. The highest BCUT2D eigenvalue weighted by atomic mass is 35.5. The molecule has 0 unspecified atom stereocenters. The number of nitrogens with two attached hydrogens (primary N) is 1. The van der Waals surface area contributed by atoms with Crippen LogP contribution in [-0.2, 0) is 11.2 Å². The van der Waals surface area contributed by atoms with Crippen LogP contribution < -0.4 is 5.73 Å². The summed E-state index contributed by atoms with van der Waals surface area (Å²) in [6.45, 7) is 3.98. The van der Waals surface area contributed by atoms with E-state index < -0.39 is 5.97 Å². The molecule has 0 aliphatic heterocycles. The van der Waals surface area contributed by atoms with Gasteiger partial charge in [0.25, 0.3) is 0 Å². The minimum absolute atomic E-state index is 0.395. The number of hydrogen-bond acceptors (Lipinski definition) is 4. The molecule has 0 saturated carbocycles. The first-order valence-corrected chi connectivity index (χ1v) is 7.45. The van der Waals surface area contributed by atoms with Gasteiger partial charge in [-0.15, -0.1) is 11.3 Å². The average molecular weight is 310 g/mol. The molecule has 20 heavy (non-hydrogen) atoms. The topological polar surface area (TPSA) is 52.3 Å². The number of anilines is 1. The Kier molecular flexibility index (Phi) is 4.35. The molecule has 0 fully saturated rings. The molecule has 106 valence electrons. The number of carbonyl (C=O) groups excluding carboxylic acids is 1. The summed E-state index contributed by atoms with van der Waals surface area (Å²) in [6, 6.07) is 5.74. The van der Waals surface area contributed by atoms with Crippen molar-refractivity contribution in [2.75, 3.05) is 12.8 Å². The summed E-state index contributed by atoms with van der Waals surface area (Å²) in [6.07, 6.45) is 0.751. The van der Waals surface area contributed by atoms with Gasteiger partial charge in [-0.25, -0.2) is 4.79 Å². The summed E-state index contributed by atoms with van der Waals surface area (Å²) in [5.41, 5.74) is 9.58. The lowest BCUT2D eigenvalue weighted by Crippen LogP contribution is -2.02. The minimum Gasteiger partial charge on any atom is -0.465 e. The van der Waals surface area contributed by atoms with Crippen molar-refractivity contribution in [3.05, 3.63) is 39.2 Å².